The number of rotatable bonds is 5. The van der Waals surface area contributed by atoms with Gasteiger partial charge >= 0.3 is 0 Å². The molecule has 1 aliphatic rings. The fraction of sp³-hybridized carbons (Fsp3) is 0.364. The highest BCUT2D eigenvalue weighted by molar-refractivity contribution is 7.18. The van der Waals surface area contributed by atoms with Gasteiger partial charge in [0.15, 0.2) is 6.61 Å². The van der Waals surface area contributed by atoms with E-state index in [-0.39, 0.29) is 12.5 Å². The first-order chi connectivity index (χ1) is 13.6. The van der Waals surface area contributed by atoms with Crippen LogP contribution < -0.4 is 4.74 Å². The average Bonchev–Trinajstić information content (AvgIpc) is 3.11. The maximum atomic E-state index is 12.5. The Hall–Kier alpha value is -2.44. The SMILES string of the molecule is Cc1cccc(OCC(=O)N2CCN(Cc3nc4ccccc4s3)CC2)c1C. The first-order valence-electron chi connectivity index (χ1n) is 9.64. The molecule has 4 rings (SSSR count). The second-order valence-corrected chi connectivity index (χ2v) is 8.33. The van der Waals surface area contributed by atoms with E-state index < -0.39 is 0 Å². The number of thiazole rings is 1. The van der Waals surface area contributed by atoms with Crippen molar-refractivity contribution in [1.29, 1.82) is 0 Å². The minimum absolute atomic E-state index is 0.0561. The summed E-state index contributed by atoms with van der Waals surface area (Å²) in [7, 11) is 0. The van der Waals surface area contributed by atoms with Gasteiger partial charge in [0.2, 0.25) is 0 Å². The Bertz CT molecular complexity index is 944. The Morgan fingerprint density at radius 2 is 1.86 bits per heavy atom. The van der Waals surface area contributed by atoms with Crippen LogP contribution in [0.15, 0.2) is 42.5 Å². The molecule has 1 aromatic heterocycles. The predicted octanol–water partition coefficient (Wildman–Crippen LogP) is 3.64. The Labute approximate surface area is 169 Å². The van der Waals surface area contributed by atoms with Gasteiger partial charge in [0.25, 0.3) is 5.91 Å². The largest absolute Gasteiger partial charge is 0.483 e. The van der Waals surface area contributed by atoms with E-state index in [1.54, 1.807) is 11.3 Å². The lowest BCUT2D eigenvalue weighted by atomic mass is 10.1. The summed E-state index contributed by atoms with van der Waals surface area (Å²) in [4.78, 5) is 21.5. The van der Waals surface area contributed by atoms with E-state index >= 15 is 0 Å². The van der Waals surface area contributed by atoms with Gasteiger partial charge in [-0.1, -0.05) is 24.3 Å². The number of benzene rings is 2. The molecule has 2 heterocycles. The topological polar surface area (TPSA) is 45.7 Å². The molecule has 0 saturated carbocycles. The monoisotopic (exact) mass is 395 g/mol. The maximum Gasteiger partial charge on any atom is 0.260 e. The van der Waals surface area contributed by atoms with Crippen molar-refractivity contribution in [3.8, 4) is 5.75 Å². The van der Waals surface area contributed by atoms with Crippen molar-refractivity contribution >= 4 is 27.5 Å². The first kappa shape index (κ1) is 18.9. The Morgan fingerprint density at radius 3 is 2.64 bits per heavy atom. The van der Waals surface area contributed by atoms with Crippen molar-refractivity contribution in [2.45, 2.75) is 20.4 Å². The highest BCUT2D eigenvalue weighted by atomic mass is 32.1. The van der Waals surface area contributed by atoms with Crippen LogP contribution >= 0.6 is 11.3 Å². The van der Waals surface area contributed by atoms with E-state index in [9.17, 15) is 4.79 Å². The van der Waals surface area contributed by atoms with Gasteiger partial charge in [0, 0.05) is 26.2 Å². The van der Waals surface area contributed by atoms with Crippen LogP contribution in [-0.4, -0.2) is 53.5 Å². The smallest absolute Gasteiger partial charge is 0.260 e. The summed E-state index contributed by atoms with van der Waals surface area (Å²) in [6.45, 7) is 8.23. The zero-order valence-electron chi connectivity index (χ0n) is 16.4. The summed E-state index contributed by atoms with van der Waals surface area (Å²) >= 11 is 1.75. The highest BCUT2D eigenvalue weighted by Crippen LogP contribution is 2.23. The van der Waals surface area contributed by atoms with Crippen LogP contribution in [-0.2, 0) is 11.3 Å². The number of carbonyl (C=O) groups is 1. The van der Waals surface area contributed by atoms with Crippen molar-refractivity contribution in [2.75, 3.05) is 32.8 Å². The lowest BCUT2D eigenvalue weighted by Crippen LogP contribution is -2.49. The molecule has 0 aliphatic carbocycles. The second-order valence-electron chi connectivity index (χ2n) is 7.22. The number of carbonyl (C=O) groups excluding carboxylic acids is 1. The van der Waals surface area contributed by atoms with Crippen molar-refractivity contribution in [2.24, 2.45) is 0 Å². The van der Waals surface area contributed by atoms with Crippen molar-refractivity contribution in [3.63, 3.8) is 0 Å². The second kappa shape index (κ2) is 8.29. The lowest BCUT2D eigenvalue weighted by Gasteiger charge is -2.34. The van der Waals surface area contributed by atoms with Crippen LogP contribution in [0.3, 0.4) is 0 Å². The molecule has 0 bridgehead atoms. The molecule has 0 radical (unpaired) electrons. The maximum absolute atomic E-state index is 12.5. The van der Waals surface area contributed by atoms with E-state index in [0.717, 1.165) is 54.6 Å². The molecular formula is C22H25N3O2S. The van der Waals surface area contributed by atoms with Crippen LogP contribution in [0.1, 0.15) is 16.1 Å². The lowest BCUT2D eigenvalue weighted by molar-refractivity contribution is -0.135. The third-order valence-corrected chi connectivity index (χ3v) is 6.35. The number of piperazine rings is 1. The molecule has 0 spiro atoms. The minimum atomic E-state index is 0.0561. The number of para-hydroxylation sites is 1. The minimum Gasteiger partial charge on any atom is -0.483 e. The average molecular weight is 396 g/mol. The van der Waals surface area contributed by atoms with Gasteiger partial charge in [-0.25, -0.2) is 4.98 Å². The van der Waals surface area contributed by atoms with Gasteiger partial charge in [-0.3, -0.25) is 9.69 Å². The Kier molecular flexibility index (Phi) is 5.59. The van der Waals surface area contributed by atoms with E-state index in [1.807, 2.05) is 30.0 Å². The molecule has 2 aromatic carbocycles. The number of hydrogen-bond donors (Lipinski definition) is 0. The first-order valence-corrected chi connectivity index (χ1v) is 10.5. The molecule has 1 fully saturated rings. The fourth-order valence-electron chi connectivity index (χ4n) is 3.45. The van der Waals surface area contributed by atoms with Crippen LogP contribution in [0.2, 0.25) is 0 Å². The molecule has 1 aliphatic heterocycles. The Balaban J connectivity index is 1.27. The molecule has 0 atom stereocenters. The van der Waals surface area contributed by atoms with Gasteiger partial charge < -0.3 is 9.64 Å². The number of aromatic nitrogens is 1. The fourth-order valence-corrected chi connectivity index (χ4v) is 4.46. The number of fused-ring (bicyclic) bond motifs is 1. The molecule has 1 saturated heterocycles. The summed E-state index contributed by atoms with van der Waals surface area (Å²) in [6.07, 6.45) is 0. The molecule has 28 heavy (non-hydrogen) atoms. The standard InChI is InChI=1S/C22H25N3O2S/c1-16-6-5-8-19(17(16)2)27-15-22(26)25-12-10-24(11-13-25)14-21-23-18-7-3-4-9-20(18)28-21/h3-9H,10-15H2,1-2H3. The van der Waals surface area contributed by atoms with Gasteiger partial charge in [0.05, 0.1) is 16.8 Å². The molecule has 1 amide bonds. The summed E-state index contributed by atoms with van der Waals surface area (Å²) in [6, 6.07) is 14.2. The summed E-state index contributed by atoms with van der Waals surface area (Å²) in [5, 5.41) is 1.14. The van der Waals surface area contributed by atoms with Gasteiger partial charge in [-0.15, -0.1) is 11.3 Å². The van der Waals surface area contributed by atoms with Crippen LogP contribution in [0.5, 0.6) is 5.75 Å². The van der Waals surface area contributed by atoms with Gasteiger partial charge in [0.1, 0.15) is 10.8 Å². The Morgan fingerprint density at radius 1 is 1.07 bits per heavy atom. The molecule has 5 nitrogen and oxygen atoms in total. The van der Waals surface area contributed by atoms with Crippen LogP contribution in [0, 0.1) is 13.8 Å². The molecule has 0 unspecified atom stereocenters. The summed E-state index contributed by atoms with van der Waals surface area (Å²) in [5.41, 5.74) is 3.34. The van der Waals surface area contributed by atoms with Crippen molar-refractivity contribution in [3.05, 3.63) is 58.6 Å². The highest BCUT2D eigenvalue weighted by Gasteiger charge is 2.22. The number of amides is 1. The van der Waals surface area contributed by atoms with E-state index in [1.165, 1.54) is 10.3 Å². The van der Waals surface area contributed by atoms with Crippen LogP contribution in [0.25, 0.3) is 10.2 Å². The van der Waals surface area contributed by atoms with E-state index in [4.69, 9.17) is 9.72 Å². The molecule has 0 N–H and O–H groups in total. The molecule has 6 heteroatoms. The quantitative estimate of drug-likeness (QED) is 0.662. The number of aryl methyl sites for hydroxylation is 1. The van der Waals surface area contributed by atoms with Crippen LogP contribution in [0.4, 0.5) is 0 Å². The molecule has 3 aromatic rings. The zero-order valence-corrected chi connectivity index (χ0v) is 17.2. The van der Waals surface area contributed by atoms with Crippen molar-refractivity contribution < 1.29 is 9.53 Å². The normalized spacial score (nSPS) is 15.1. The van der Waals surface area contributed by atoms with E-state index in [0.29, 0.717) is 0 Å². The van der Waals surface area contributed by atoms with Gasteiger partial charge in [-0.2, -0.15) is 0 Å². The third kappa shape index (κ3) is 4.18. The van der Waals surface area contributed by atoms with Crippen molar-refractivity contribution in [1.82, 2.24) is 14.8 Å². The van der Waals surface area contributed by atoms with E-state index in [2.05, 4.69) is 36.1 Å². The zero-order chi connectivity index (χ0) is 19.5. The predicted molar refractivity (Wildman–Crippen MR) is 113 cm³/mol. The summed E-state index contributed by atoms with van der Waals surface area (Å²) < 4.78 is 7.01. The summed E-state index contributed by atoms with van der Waals surface area (Å²) in [5.74, 6) is 0.850. The molecular weight excluding hydrogens is 370 g/mol. The number of hydrogen-bond acceptors (Lipinski definition) is 5. The number of ether oxygens (including phenoxy) is 1. The number of nitrogens with zero attached hydrogens (tertiary/aromatic N) is 3. The molecule has 146 valence electrons. The third-order valence-electron chi connectivity index (χ3n) is 5.33. The van der Waals surface area contributed by atoms with Gasteiger partial charge in [-0.05, 0) is 43.2 Å².